The Balaban J connectivity index is 1.61. The van der Waals surface area contributed by atoms with Crippen molar-refractivity contribution in [1.82, 2.24) is 19.7 Å². The Morgan fingerprint density at radius 2 is 2.00 bits per heavy atom. The van der Waals surface area contributed by atoms with Crippen molar-refractivity contribution < 1.29 is 4.79 Å². The summed E-state index contributed by atoms with van der Waals surface area (Å²) in [5.74, 6) is 2.11. The summed E-state index contributed by atoms with van der Waals surface area (Å²) in [6.07, 6.45) is 0. The first-order valence-electron chi connectivity index (χ1n) is 8.24. The molecule has 0 radical (unpaired) electrons. The number of halogens is 2. The Morgan fingerprint density at radius 3 is 2.69 bits per heavy atom. The standard InChI is InChI=1S/C17H16Cl2N6O/c1-9-15-22-23-16(14-8-20-10(2)21-14)25(15)6-5-24(9)17(26)11-3-4-12(18)13(19)7-11/h3-4,7,9H,5-6,8H2,1-2H3. The summed E-state index contributed by atoms with van der Waals surface area (Å²) >= 11 is 12.0. The molecule has 26 heavy (non-hydrogen) atoms. The highest BCUT2D eigenvalue weighted by molar-refractivity contribution is 6.42. The van der Waals surface area contributed by atoms with Crippen LogP contribution in [0.1, 0.15) is 41.9 Å². The fourth-order valence-electron chi connectivity index (χ4n) is 3.25. The number of amidine groups is 1. The minimum Gasteiger partial charge on any atom is -0.327 e. The van der Waals surface area contributed by atoms with Crippen molar-refractivity contribution in [2.24, 2.45) is 9.98 Å². The number of hydrogen-bond acceptors (Lipinski definition) is 5. The van der Waals surface area contributed by atoms with E-state index in [9.17, 15) is 4.79 Å². The van der Waals surface area contributed by atoms with Gasteiger partial charge in [-0.1, -0.05) is 23.2 Å². The molecule has 9 heteroatoms. The summed E-state index contributed by atoms with van der Waals surface area (Å²) < 4.78 is 2.02. The second-order valence-corrected chi connectivity index (χ2v) is 7.07. The zero-order chi connectivity index (χ0) is 18.4. The molecule has 1 aromatic carbocycles. The summed E-state index contributed by atoms with van der Waals surface area (Å²) in [6, 6.07) is 4.70. The monoisotopic (exact) mass is 390 g/mol. The van der Waals surface area contributed by atoms with Gasteiger partial charge in [0.05, 0.1) is 22.6 Å². The van der Waals surface area contributed by atoms with Crippen LogP contribution >= 0.6 is 23.2 Å². The van der Waals surface area contributed by atoms with Crippen molar-refractivity contribution in [3.63, 3.8) is 0 Å². The summed E-state index contributed by atoms with van der Waals surface area (Å²) in [5, 5.41) is 9.38. The van der Waals surface area contributed by atoms with E-state index in [1.165, 1.54) is 0 Å². The van der Waals surface area contributed by atoms with Gasteiger partial charge in [-0.3, -0.25) is 9.79 Å². The number of amides is 1. The summed E-state index contributed by atoms with van der Waals surface area (Å²) in [6.45, 7) is 5.47. The van der Waals surface area contributed by atoms with Gasteiger partial charge in [-0.2, -0.15) is 0 Å². The number of carbonyl (C=O) groups excluding carboxylic acids is 1. The van der Waals surface area contributed by atoms with Crippen molar-refractivity contribution in [1.29, 1.82) is 0 Å². The maximum absolute atomic E-state index is 12.9. The quantitative estimate of drug-likeness (QED) is 0.790. The molecule has 1 amide bonds. The molecule has 1 unspecified atom stereocenters. The normalized spacial score (nSPS) is 19.2. The predicted molar refractivity (Wildman–Crippen MR) is 100 cm³/mol. The zero-order valence-corrected chi connectivity index (χ0v) is 15.8. The predicted octanol–water partition coefficient (Wildman–Crippen LogP) is 3.02. The highest BCUT2D eigenvalue weighted by Crippen LogP contribution is 2.28. The van der Waals surface area contributed by atoms with Crippen LogP contribution in [0.25, 0.3) is 0 Å². The van der Waals surface area contributed by atoms with Crippen molar-refractivity contribution in [2.75, 3.05) is 13.1 Å². The Hall–Kier alpha value is -2.25. The van der Waals surface area contributed by atoms with Crippen LogP contribution in [-0.4, -0.2) is 50.2 Å². The second kappa shape index (κ2) is 6.48. The molecule has 7 nitrogen and oxygen atoms in total. The van der Waals surface area contributed by atoms with Crippen LogP contribution in [0.4, 0.5) is 0 Å². The molecule has 0 bridgehead atoms. The maximum Gasteiger partial charge on any atom is 0.254 e. The third kappa shape index (κ3) is 2.81. The lowest BCUT2D eigenvalue weighted by molar-refractivity contribution is 0.0637. The fraction of sp³-hybridized carbons (Fsp3) is 0.353. The second-order valence-electron chi connectivity index (χ2n) is 6.26. The van der Waals surface area contributed by atoms with Crippen molar-refractivity contribution in [2.45, 2.75) is 26.4 Å². The average Bonchev–Trinajstić information content (AvgIpc) is 3.23. The summed E-state index contributed by atoms with van der Waals surface area (Å²) in [7, 11) is 0. The maximum atomic E-state index is 12.9. The molecule has 2 aliphatic rings. The first-order valence-corrected chi connectivity index (χ1v) is 8.99. The number of carbonyl (C=O) groups is 1. The van der Waals surface area contributed by atoms with Crippen LogP contribution in [0, 0.1) is 0 Å². The van der Waals surface area contributed by atoms with Gasteiger partial charge in [0.15, 0.2) is 11.6 Å². The van der Waals surface area contributed by atoms with Crippen LogP contribution in [0.2, 0.25) is 10.0 Å². The van der Waals surface area contributed by atoms with Crippen LogP contribution in [0.5, 0.6) is 0 Å². The topological polar surface area (TPSA) is 75.7 Å². The van der Waals surface area contributed by atoms with Crippen LogP contribution in [0.3, 0.4) is 0 Å². The molecule has 2 aliphatic heterocycles. The van der Waals surface area contributed by atoms with E-state index in [0.717, 1.165) is 23.2 Å². The van der Waals surface area contributed by atoms with Gasteiger partial charge in [-0.15, -0.1) is 10.2 Å². The lowest BCUT2D eigenvalue weighted by Crippen LogP contribution is -2.41. The van der Waals surface area contributed by atoms with Gasteiger partial charge < -0.3 is 9.47 Å². The third-order valence-corrected chi connectivity index (χ3v) is 5.36. The van der Waals surface area contributed by atoms with Gasteiger partial charge >= 0.3 is 0 Å². The van der Waals surface area contributed by atoms with E-state index >= 15 is 0 Å². The van der Waals surface area contributed by atoms with E-state index in [1.807, 2.05) is 18.4 Å². The van der Waals surface area contributed by atoms with E-state index in [2.05, 4.69) is 20.2 Å². The third-order valence-electron chi connectivity index (χ3n) is 4.63. The largest absolute Gasteiger partial charge is 0.327 e. The van der Waals surface area contributed by atoms with Crippen LogP contribution in [-0.2, 0) is 6.54 Å². The molecular formula is C17H16Cl2N6O. The van der Waals surface area contributed by atoms with E-state index in [1.54, 1.807) is 23.1 Å². The summed E-state index contributed by atoms with van der Waals surface area (Å²) in [5.41, 5.74) is 1.32. The Bertz CT molecular complexity index is 964. The molecule has 1 aromatic heterocycles. The first-order chi connectivity index (χ1) is 12.5. The molecule has 0 saturated carbocycles. The van der Waals surface area contributed by atoms with Crippen molar-refractivity contribution in [3.8, 4) is 0 Å². The van der Waals surface area contributed by atoms with Crippen LogP contribution < -0.4 is 0 Å². The number of aliphatic imine (C=N–C) groups is 2. The van der Waals surface area contributed by atoms with E-state index < -0.39 is 0 Å². The number of hydrogen-bond donors (Lipinski definition) is 0. The SMILES string of the molecule is CC1=NCC(c2nnc3n2CCN(C(=O)c2ccc(Cl)c(Cl)c2)C3C)=N1. The van der Waals surface area contributed by atoms with Gasteiger partial charge in [-0.25, -0.2) is 4.99 Å². The van der Waals surface area contributed by atoms with Gasteiger partial charge in [0.25, 0.3) is 5.91 Å². The van der Waals surface area contributed by atoms with Gasteiger partial charge in [0.2, 0.25) is 0 Å². The number of benzene rings is 1. The molecule has 3 heterocycles. The molecule has 0 aliphatic carbocycles. The highest BCUT2D eigenvalue weighted by atomic mass is 35.5. The van der Waals surface area contributed by atoms with E-state index in [-0.39, 0.29) is 11.9 Å². The average molecular weight is 391 g/mol. The van der Waals surface area contributed by atoms with Gasteiger partial charge in [0, 0.05) is 18.7 Å². The molecule has 0 spiro atoms. The summed E-state index contributed by atoms with van der Waals surface area (Å²) in [4.78, 5) is 23.4. The number of fused-ring (bicyclic) bond motifs is 1. The van der Waals surface area contributed by atoms with Crippen molar-refractivity contribution in [3.05, 3.63) is 45.5 Å². The fourth-order valence-corrected chi connectivity index (χ4v) is 3.55. The zero-order valence-electron chi connectivity index (χ0n) is 14.3. The van der Waals surface area contributed by atoms with Gasteiger partial charge in [0.1, 0.15) is 11.5 Å². The highest BCUT2D eigenvalue weighted by Gasteiger charge is 2.33. The lowest BCUT2D eigenvalue weighted by atomic mass is 10.1. The number of aromatic nitrogens is 3. The van der Waals surface area contributed by atoms with E-state index in [0.29, 0.717) is 35.2 Å². The molecule has 0 fully saturated rings. The van der Waals surface area contributed by atoms with E-state index in [4.69, 9.17) is 23.2 Å². The molecule has 1 atom stereocenters. The van der Waals surface area contributed by atoms with Crippen molar-refractivity contribution >= 4 is 40.7 Å². The molecule has 2 aromatic rings. The minimum absolute atomic E-state index is 0.107. The lowest BCUT2D eigenvalue weighted by Gasteiger charge is -2.33. The molecule has 0 saturated heterocycles. The molecule has 4 rings (SSSR count). The Labute approximate surface area is 160 Å². The van der Waals surface area contributed by atoms with Crippen LogP contribution in [0.15, 0.2) is 28.2 Å². The minimum atomic E-state index is -0.212. The molecule has 134 valence electrons. The molecular weight excluding hydrogens is 375 g/mol. The Kier molecular flexibility index (Phi) is 4.28. The Morgan fingerprint density at radius 1 is 1.19 bits per heavy atom. The molecule has 0 N–H and O–H groups in total. The smallest absolute Gasteiger partial charge is 0.254 e. The number of rotatable bonds is 2. The first kappa shape index (κ1) is 17.2. The van der Waals surface area contributed by atoms with Gasteiger partial charge in [-0.05, 0) is 32.0 Å². The number of nitrogens with zero attached hydrogens (tertiary/aromatic N) is 6.